The number of hydrogen-bond donors (Lipinski definition) is 1. The Hall–Kier alpha value is -3.90. The SMILES string of the molecule is Cc1ccc(/C=C2\C(=O)NC(=O)N(c3ccc(OCc4ccc(Cl)cc4)cc3)C2=O)cc1. The van der Waals surface area contributed by atoms with Crippen molar-refractivity contribution >= 4 is 41.2 Å². The van der Waals surface area contributed by atoms with Crippen molar-refractivity contribution in [1.29, 1.82) is 0 Å². The molecule has 0 aliphatic carbocycles. The molecule has 1 heterocycles. The third-order valence-corrected chi connectivity index (χ3v) is 5.16. The highest BCUT2D eigenvalue weighted by atomic mass is 35.5. The summed E-state index contributed by atoms with van der Waals surface area (Å²) in [5.41, 5.74) is 2.91. The van der Waals surface area contributed by atoms with E-state index in [0.29, 0.717) is 28.6 Å². The van der Waals surface area contributed by atoms with Crippen LogP contribution in [-0.2, 0) is 16.2 Å². The molecule has 3 aromatic rings. The van der Waals surface area contributed by atoms with E-state index in [4.69, 9.17) is 16.3 Å². The monoisotopic (exact) mass is 446 g/mol. The van der Waals surface area contributed by atoms with Gasteiger partial charge >= 0.3 is 6.03 Å². The van der Waals surface area contributed by atoms with Gasteiger partial charge in [-0.05, 0) is 60.5 Å². The number of nitrogens with one attached hydrogen (secondary N) is 1. The predicted molar refractivity (Wildman–Crippen MR) is 122 cm³/mol. The van der Waals surface area contributed by atoms with Gasteiger partial charge in [-0.2, -0.15) is 0 Å². The maximum atomic E-state index is 13.0. The van der Waals surface area contributed by atoms with E-state index in [1.807, 2.05) is 31.2 Å². The van der Waals surface area contributed by atoms with Gasteiger partial charge in [0.05, 0.1) is 5.69 Å². The summed E-state index contributed by atoms with van der Waals surface area (Å²) in [7, 11) is 0. The van der Waals surface area contributed by atoms with Crippen molar-refractivity contribution in [1.82, 2.24) is 5.32 Å². The lowest BCUT2D eigenvalue weighted by molar-refractivity contribution is -0.122. The molecule has 1 fully saturated rings. The average molecular weight is 447 g/mol. The number of halogens is 1. The minimum Gasteiger partial charge on any atom is -0.489 e. The zero-order valence-corrected chi connectivity index (χ0v) is 17.9. The minimum atomic E-state index is -0.795. The van der Waals surface area contributed by atoms with Crippen molar-refractivity contribution in [3.05, 3.63) is 100 Å². The van der Waals surface area contributed by atoms with Crippen LogP contribution in [0.3, 0.4) is 0 Å². The number of amides is 4. The van der Waals surface area contributed by atoms with Gasteiger partial charge in [-0.3, -0.25) is 14.9 Å². The molecule has 32 heavy (non-hydrogen) atoms. The molecule has 0 radical (unpaired) electrons. The molecule has 0 bridgehead atoms. The second-order valence-electron chi connectivity index (χ2n) is 7.28. The maximum absolute atomic E-state index is 13.0. The van der Waals surface area contributed by atoms with E-state index in [0.717, 1.165) is 16.0 Å². The van der Waals surface area contributed by atoms with E-state index in [1.54, 1.807) is 48.5 Å². The summed E-state index contributed by atoms with van der Waals surface area (Å²) in [6, 6.07) is 20.4. The van der Waals surface area contributed by atoms with Crippen molar-refractivity contribution in [2.45, 2.75) is 13.5 Å². The Balaban J connectivity index is 1.51. The van der Waals surface area contributed by atoms with E-state index >= 15 is 0 Å². The lowest BCUT2D eigenvalue weighted by Gasteiger charge is -2.26. The molecule has 1 N–H and O–H groups in total. The largest absolute Gasteiger partial charge is 0.489 e. The van der Waals surface area contributed by atoms with Gasteiger partial charge in [-0.25, -0.2) is 9.69 Å². The number of hydrogen-bond acceptors (Lipinski definition) is 4. The Kier molecular flexibility index (Phi) is 6.05. The van der Waals surface area contributed by atoms with E-state index in [1.165, 1.54) is 6.08 Å². The fourth-order valence-electron chi connectivity index (χ4n) is 3.16. The number of urea groups is 1. The van der Waals surface area contributed by atoms with Crippen molar-refractivity contribution < 1.29 is 19.1 Å². The number of anilines is 1. The molecule has 0 unspecified atom stereocenters. The first-order chi connectivity index (χ1) is 15.4. The summed E-state index contributed by atoms with van der Waals surface area (Å²) in [5, 5.41) is 2.87. The maximum Gasteiger partial charge on any atom is 0.335 e. The van der Waals surface area contributed by atoms with Gasteiger partial charge in [-0.1, -0.05) is 53.6 Å². The molecular formula is C25H19ClN2O4. The van der Waals surface area contributed by atoms with Gasteiger partial charge in [0.15, 0.2) is 0 Å². The third kappa shape index (κ3) is 4.71. The van der Waals surface area contributed by atoms with Crippen LogP contribution in [0.1, 0.15) is 16.7 Å². The Morgan fingerprint density at radius 3 is 2.22 bits per heavy atom. The first-order valence-electron chi connectivity index (χ1n) is 9.86. The number of carbonyl (C=O) groups is 3. The number of imide groups is 2. The smallest absolute Gasteiger partial charge is 0.335 e. The molecule has 7 heteroatoms. The third-order valence-electron chi connectivity index (χ3n) is 4.90. The normalized spacial score (nSPS) is 15.1. The van der Waals surface area contributed by atoms with Gasteiger partial charge in [0.2, 0.25) is 0 Å². The predicted octanol–water partition coefficient (Wildman–Crippen LogP) is 4.89. The van der Waals surface area contributed by atoms with E-state index < -0.39 is 17.8 Å². The van der Waals surface area contributed by atoms with E-state index in [2.05, 4.69) is 5.32 Å². The van der Waals surface area contributed by atoms with Gasteiger partial charge in [0.25, 0.3) is 11.8 Å². The molecule has 4 rings (SSSR count). The molecule has 0 saturated carbocycles. The molecule has 160 valence electrons. The van der Waals surface area contributed by atoms with Crippen molar-refractivity contribution in [2.75, 3.05) is 4.90 Å². The molecule has 0 atom stereocenters. The van der Waals surface area contributed by atoms with E-state index in [9.17, 15) is 14.4 Å². The average Bonchev–Trinajstić information content (AvgIpc) is 2.78. The summed E-state index contributed by atoms with van der Waals surface area (Å²) in [6.07, 6.45) is 1.47. The molecule has 1 aliphatic rings. The summed E-state index contributed by atoms with van der Waals surface area (Å²) in [5.74, 6) is -0.839. The summed E-state index contributed by atoms with van der Waals surface area (Å²) >= 11 is 5.88. The highest BCUT2D eigenvalue weighted by molar-refractivity contribution is 6.39. The molecular weight excluding hydrogens is 428 g/mol. The number of benzene rings is 3. The fraction of sp³-hybridized carbons (Fsp3) is 0.0800. The fourth-order valence-corrected chi connectivity index (χ4v) is 3.29. The molecule has 0 spiro atoms. The van der Waals surface area contributed by atoms with Crippen molar-refractivity contribution in [3.8, 4) is 5.75 Å². The summed E-state index contributed by atoms with van der Waals surface area (Å²) in [6.45, 7) is 2.29. The summed E-state index contributed by atoms with van der Waals surface area (Å²) in [4.78, 5) is 38.6. The highest BCUT2D eigenvalue weighted by Gasteiger charge is 2.36. The quantitative estimate of drug-likeness (QED) is 0.447. The van der Waals surface area contributed by atoms with Crippen LogP contribution in [-0.4, -0.2) is 17.8 Å². The minimum absolute atomic E-state index is 0.114. The molecule has 6 nitrogen and oxygen atoms in total. The van der Waals surface area contributed by atoms with Gasteiger partial charge in [0.1, 0.15) is 17.9 Å². The standard InChI is InChI=1S/C25H19ClN2O4/c1-16-2-4-17(5-3-16)14-22-23(29)27-25(31)28(24(22)30)20-10-12-21(13-11-20)32-15-18-6-8-19(26)9-7-18/h2-14H,15H2,1H3,(H,27,29,31)/b22-14+. The Morgan fingerprint density at radius 2 is 1.56 bits per heavy atom. The second kappa shape index (κ2) is 9.08. The summed E-state index contributed by atoms with van der Waals surface area (Å²) < 4.78 is 5.74. The van der Waals surface area contributed by atoms with Crippen molar-refractivity contribution in [2.24, 2.45) is 0 Å². The highest BCUT2D eigenvalue weighted by Crippen LogP contribution is 2.25. The lowest BCUT2D eigenvalue weighted by atomic mass is 10.1. The van der Waals surface area contributed by atoms with E-state index in [-0.39, 0.29) is 5.57 Å². The second-order valence-corrected chi connectivity index (χ2v) is 7.71. The van der Waals surface area contributed by atoms with Crippen LogP contribution in [0.2, 0.25) is 5.02 Å². The Morgan fingerprint density at radius 1 is 0.906 bits per heavy atom. The Bertz CT molecular complexity index is 1200. The van der Waals surface area contributed by atoms with Crippen LogP contribution in [0.25, 0.3) is 6.08 Å². The zero-order valence-electron chi connectivity index (χ0n) is 17.2. The van der Waals surface area contributed by atoms with Crippen LogP contribution in [0.4, 0.5) is 10.5 Å². The number of carbonyl (C=O) groups excluding carboxylic acids is 3. The van der Waals surface area contributed by atoms with Gasteiger partial charge in [-0.15, -0.1) is 0 Å². The molecule has 0 aromatic heterocycles. The first-order valence-corrected chi connectivity index (χ1v) is 10.2. The lowest BCUT2D eigenvalue weighted by Crippen LogP contribution is -2.54. The molecule has 1 aliphatic heterocycles. The number of rotatable bonds is 5. The number of barbiturate groups is 1. The molecule has 4 amide bonds. The van der Waals surface area contributed by atoms with Crippen LogP contribution in [0.5, 0.6) is 5.75 Å². The first kappa shape index (κ1) is 21.3. The Labute approximate surface area is 190 Å². The van der Waals surface area contributed by atoms with Crippen LogP contribution in [0, 0.1) is 6.92 Å². The molecule has 3 aromatic carbocycles. The van der Waals surface area contributed by atoms with Crippen LogP contribution in [0.15, 0.2) is 78.4 Å². The number of nitrogens with zero attached hydrogens (tertiary/aromatic N) is 1. The topological polar surface area (TPSA) is 75.7 Å². The van der Waals surface area contributed by atoms with Gasteiger partial charge < -0.3 is 4.74 Å². The van der Waals surface area contributed by atoms with Gasteiger partial charge in [0, 0.05) is 5.02 Å². The van der Waals surface area contributed by atoms with Crippen molar-refractivity contribution in [3.63, 3.8) is 0 Å². The van der Waals surface area contributed by atoms with Crippen LogP contribution >= 0.6 is 11.6 Å². The zero-order chi connectivity index (χ0) is 22.7. The molecule has 1 saturated heterocycles. The number of aryl methyl sites for hydroxylation is 1. The van der Waals surface area contributed by atoms with Crippen LogP contribution < -0.4 is 15.0 Å². The number of ether oxygens (including phenoxy) is 1.